The van der Waals surface area contributed by atoms with Crippen LogP contribution < -0.4 is 24.4 Å². The van der Waals surface area contributed by atoms with Crippen LogP contribution in [-0.2, 0) is 0 Å². The number of rotatable bonds is 8. The number of pyridine rings is 1. The summed E-state index contributed by atoms with van der Waals surface area (Å²) >= 11 is 0. The van der Waals surface area contributed by atoms with Crippen molar-refractivity contribution in [2.24, 2.45) is 0 Å². The Morgan fingerprint density at radius 2 is 1.80 bits per heavy atom. The SMILES string of the molecule is COc1cc(-n2cnc(Nc3cc4ccccc4c(N4CCCC4CO)n3)c2)cc(OC)c1OC. The van der Waals surface area contributed by atoms with E-state index in [9.17, 15) is 5.11 Å². The van der Waals surface area contributed by atoms with Gasteiger partial charge in [0.15, 0.2) is 11.5 Å². The molecule has 0 amide bonds. The number of aliphatic hydroxyl groups is 1. The van der Waals surface area contributed by atoms with Crippen molar-refractivity contribution in [3.8, 4) is 22.9 Å². The largest absolute Gasteiger partial charge is 0.493 e. The Hall–Kier alpha value is -3.98. The summed E-state index contributed by atoms with van der Waals surface area (Å²) in [6.07, 6.45) is 5.60. The van der Waals surface area contributed by atoms with Crippen LogP contribution in [0.1, 0.15) is 12.8 Å². The first-order chi connectivity index (χ1) is 17.1. The number of methoxy groups -OCH3 is 3. The van der Waals surface area contributed by atoms with Gasteiger partial charge in [0.25, 0.3) is 0 Å². The fourth-order valence-electron chi connectivity index (χ4n) is 4.64. The van der Waals surface area contributed by atoms with Crippen LogP contribution in [0.25, 0.3) is 16.5 Å². The monoisotopic (exact) mass is 475 g/mol. The number of imidazole rings is 1. The number of nitrogens with zero attached hydrogens (tertiary/aromatic N) is 4. The first kappa shape index (κ1) is 22.8. The zero-order valence-corrected chi connectivity index (χ0v) is 20.1. The maximum absolute atomic E-state index is 9.87. The van der Waals surface area contributed by atoms with Crippen LogP contribution in [-0.4, -0.2) is 60.2 Å². The third kappa shape index (κ3) is 4.30. The predicted octanol–water partition coefficient (Wildman–Crippen LogP) is 4.15. The van der Waals surface area contributed by atoms with Crippen LogP contribution in [0, 0.1) is 0 Å². The molecule has 2 aromatic heterocycles. The van der Waals surface area contributed by atoms with Gasteiger partial charge in [-0.15, -0.1) is 0 Å². The number of hydrogen-bond acceptors (Lipinski definition) is 8. The van der Waals surface area contributed by atoms with Gasteiger partial charge in [-0.1, -0.05) is 24.3 Å². The van der Waals surface area contributed by atoms with Crippen molar-refractivity contribution < 1.29 is 19.3 Å². The summed E-state index contributed by atoms with van der Waals surface area (Å²) in [6, 6.07) is 14.0. The lowest BCUT2D eigenvalue weighted by Crippen LogP contribution is -2.33. The minimum atomic E-state index is 0.0837. The molecule has 1 unspecified atom stereocenters. The van der Waals surface area contributed by atoms with Crippen molar-refractivity contribution in [3.05, 3.63) is 55.0 Å². The lowest BCUT2D eigenvalue weighted by Gasteiger charge is -2.26. The topological polar surface area (TPSA) is 93.9 Å². The van der Waals surface area contributed by atoms with Gasteiger partial charge in [-0.3, -0.25) is 0 Å². The van der Waals surface area contributed by atoms with Crippen LogP contribution in [0.4, 0.5) is 17.5 Å². The summed E-state index contributed by atoms with van der Waals surface area (Å²) < 4.78 is 18.2. The van der Waals surface area contributed by atoms with E-state index in [0.29, 0.717) is 28.9 Å². The molecule has 5 rings (SSSR count). The van der Waals surface area contributed by atoms with E-state index in [4.69, 9.17) is 19.2 Å². The van der Waals surface area contributed by atoms with Crippen LogP contribution >= 0.6 is 0 Å². The van der Waals surface area contributed by atoms with Gasteiger partial charge in [0.2, 0.25) is 5.75 Å². The number of ether oxygens (including phenoxy) is 3. The number of aromatic nitrogens is 3. The molecule has 0 radical (unpaired) electrons. The Balaban J connectivity index is 1.48. The molecule has 2 N–H and O–H groups in total. The highest BCUT2D eigenvalue weighted by molar-refractivity contribution is 5.94. The molecule has 0 saturated carbocycles. The van der Waals surface area contributed by atoms with E-state index in [1.807, 2.05) is 41.1 Å². The Kier molecular flexibility index (Phi) is 6.33. The van der Waals surface area contributed by atoms with Crippen molar-refractivity contribution in [3.63, 3.8) is 0 Å². The molecule has 1 fully saturated rings. The van der Waals surface area contributed by atoms with E-state index in [1.54, 1.807) is 27.7 Å². The average molecular weight is 476 g/mol. The van der Waals surface area contributed by atoms with Gasteiger partial charge in [0.1, 0.15) is 23.8 Å². The molecule has 2 aromatic carbocycles. The third-order valence-electron chi connectivity index (χ3n) is 6.37. The Morgan fingerprint density at radius 1 is 1.03 bits per heavy atom. The molecule has 1 atom stereocenters. The summed E-state index contributed by atoms with van der Waals surface area (Å²) in [5, 5.41) is 15.4. The summed E-state index contributed by atoms with van der Waals surface area (Å²) in [5.41, 5.74) is 0.815. The molecule has 182 valence electrons. The van der Waals surface area contributed by atoms with E-state index in [-0.39, 0.29) is 12.6 Å². The highest BCUT2D eigenvalue weighted by Gasteiger charge is 2.26. The van der Waals surface area contributed by atoms with Gasteiger partial charge in [-0.25, -0.2) is 9.97 Å². The molecule has 1 aliphatic heterocycles. The van der Waals surface area contributed by atoms with Gasteiger partial charge in [0, 0.05) is 24.1 Å². The molecular formula is C26H29N5O4. The summed E-state index contributed by atoms with van der Waals surface area (Å²) in [5.74, 6) is 3.88. The normalized spacial score (nSPS) is 15.4. The Labute approximate surface area is 203 Å². The first-order valence-corrected chi connectivity index (χ1v) is 11.5. The second-order valence-corrected chi connectivity index (χ2v) is 8.40. The summed E-state index contributed by atoms with van der Waals surface area (Å²) in [4.78, 5) is 11.7. The van der Waals surface area contributed by atoms with Crippen LogP contribution in [0.15, 0.2) is 55.0 Å². The van der Waals surface area contributed by atoms with E-state index < -0.39 is 0 Å². The molecule has 9 heteroatoms. The van der Waals surface area contributed by atoms with Gasteiger partial charge in [0.05, 0.1) is 45.9 Å². The van der Waals surface area contributed by atoms with E-state index >= 15 is 0 Å². The van der Waals surface area contributed by atoms with Crippen molar-refractivity contribution in [1.82, 2.24) is 14.5 Å². The molecule has 1 saturated heterocycles. The average Bonchev–Trinajstić information content (AvgIpc) is 3.57. The van der Waals surface area contributed by atoms with Crippen molar-refractivity contribution >= 4 is 28.2 Å². The highest BCUT2D eigenvalue weighted by atomic mass is 16.5. The number of fused-ring (bicyclic) bond motifs is 1. The van der Waals surface area contributed by atoms with Gasteiger partial charge in [-0.2, -0.15) is 0 Å². The van der Waals surface area contributed by atoms with E-state index in [0.717, 1.165) is 41.7 Å². The smallest absolute Gasteiger partial charge is 0.203 e. The van der Waals surface area contributed by atoms with Crippen molar-refractivity contribution in [2.45, 2.75) is 18.9 Å². The third-order valence-corrected chi connectivity index (χ3v) is 6.37. The second-order valence-electron chi connectivity index (χ2n) is 8.40. The van der Waals surface area contributed by atoms with E-state index in [1.165, 1.54) is 0 Å². The Bertz CT molecular complexity index is 1310. The van der Waals surface area contributed by atoms with Gasteiger partial charge >= 0.3 is 0 Å². The quantitative estimate of drug-likeness (QED) is 0.393. The van der Waals surface area contributed by atoms with Crippen LogP contribution in [0.5, 0.6) is 17.2 Å². The summed E-state index contributed by atoms with van der Waals surface area (Å²) in [6.45, 7) is 0.994. The van der Waals surface area contributed by atoms with Crippen molar-refractivity contribution in [2.75, 3.05) is 44.7 Å². The molecule has 35 heavy (non-hydrogen) atoms. The lowest BCUT2D eigenvalue weighted by atomic mass is 10.1. The van der Waals surface area contributed by atoms with E-state index in [2.05, 4.69) is 27.3 Å². The van der Waals surface area contributed by atoms with Crippen LogP contribution in [0.2, 0.25) is 0 Å². The van der Waals surface area contributed by atoms with Crippen molar-refractivity contribution in [1.29, 1.82) is 0 Å². The van der Waals surface area contributed by atoms with Crippen LogP contribution in [0.3, 0.4) is 0 Å². The second kappa shape index (κ2) is 9.71. The highest BCUT2D eigenvalue weighted by Crippen LogP contribution is 2.39. The number of anilines is 3. The molecule has 1 aliphatic rings. The molecule has 0 bridgehead atoms. The number of benzene rings is 2. The Morgan fingerprint density at radius 3 is 2.51 bits per heavy atom. The fraction of sp³-hybridized carbons (Fsp3) is 0.308. The molecule has 4 aromatic rings. The maximum atomic E-state index is 9.87. The zero-order chi connectivity index (χ0) is 24.4. The molecule has 3 heterocycles. The molecular weight excluding hydrogens is 446 g/mol. The lowest BCUT2D eigenvalue weighted by molar-refractivity contribution is 0.266. The number of hydrogen-bond donors (Lipinski definition) is 2. The zero-order valence-electron chi connectivity index (χ0n) is 20.1. The maximum Gasteiger partial charge on any atom is 0.203 e. The molecule has 0 spiro atoms. The standard InChI is InChI=1S/C26H29N5O4/c1-33-21-12-19(13-22(34-2)25(21)35-3)30-14-24(27-16-30)28-23-11-17-7-4-5-9-20(17)26(29-23)31-10-6-8-18(31)15-32/h4-5,7,9,11-14,16,18,32H,6,8,10,15H2,1-3H3,(H,28,29). The fourth-order valence-corrected chi connectivity index (χ4v) is 4.64. The minimum Gasteiger partial charge on any atom is -0.493 e. The predicted molar refractivity (Wildman–Crippen MR) is 136 cm³/mol. The number of aliphatic hydroxyl groups excluding tert-OH is 1. The van der Waals surface area contributed by atoms with Gasteiger partial charge in [-0.05, 0) is 24.3 Å². The first-order valence-electron chi connectivity index (χ1n) is 11.5. The molecule has 9 nitrogen and oxygen atoms in total. The minimum absolute atomic E-state index is 0.0837. The molecule has 0 aliphatic carbocycles. The van der Waals surface area contributed by atoms with Gasteiger partial charge < -0.3 is 34.1 Å². The summed E-state index contributed by atoms with van der Waals surface area (Å²) in [7, 11) is 4.76. The number of nitrogens with one attached hydrogen (secondary N) is 1.